The maximum Gasteiger partial charge on any atom is 0.332 e. The lowest BCUT2D eigenvalue weighted by atomic mass is 10.1. The summed E-state index contributed by atoms with van der Waals surface area (Å²) in [4.78, 5) is 33.2. The maximum atomic E-state index is 13.4. The van der Waals surface area contributed by atoms with Gasteiger partial charge in [-0.05, 0) is 49.2 Å². The Hall–Kier alpha value is -4.50. The van der Waals surface area contributed by atoms with Gasteiger partial charge in [0.25, 0.3) is 5.91 Å². The molecule has 2 aromatic carbocycles. The van der Waals surface area contributed by atoms with Crippen LogP contribution >= 0.6 is 0 Å². The van der Waals surface area contributed by atoms with Gasteiger partial charge in [-0.1, -0.05) is 48.5 Å². The summed E-state index contributed by atoms with van der Waals surface area (Å²) in [6, 6.07) is 22.9. The van der Waals surface area contributed by atoms with Crippen LogP contribution in [0.1, 0.15) is 18.4 Å². The summed E-state index contributed by atoms with van der Waals surface area (Å²) in [6.07, 6.45) is 3.72. The Morgan fingerprint density at radius 2 is 1.82 bits per heavy atom. The lowest BCUT2D eigenvalue weighted by Gasteiger charge is -2.36. The maximum absolute atomic E-state index is 13.4. The van der Waals surface area contributed by atoms with Crippen molar-refractivity contribution in [3.63, 3.8) is 0 Å². The minimum absolute atomic E-state index is 0.0956. The predicted octanol–water partition coefficient (Wildman–Crippen LogP) is 3.79. The summed E-state index contributed by atoms with van der Waals surface area (Å²) < 4.78 is 0. The van der Waals surface area contributed by atoms with Crippen molar-refractivity contribution in [2.75, 3.05) is 25.5 Å². The number of hydrogen-bond donors (Lipinski definition) is 4. The number of likely N-dealkylation sites (N-methyl/N-ethyl adjacent to an activating group) is 1. The molecule has 4 N–H and O–H groups in total. The number of carbonyl (C=O) groups is 2. The average Bonchev–Trinajstić information content (AvgIpc) is 3.48. The summed E-state index contributed by atoms with van der Waals surface area (Å²) in [6.45, 7) is 1.63. The lowest BCUT2D eigenvalue weighted by Crippen LogP contribution is -2.58. The van der Waals surface area contributed by atoms with Gasteiger partial charge in [-0.2, -0.15) is 0 Å². The van der Waals surface area contributed by atoms with Gasteiger partial charge in [0.1, 0.15) is 17.2 Å². The van der Waals surface area contributed by atoms with Crippen molar-refractivity contribution in [1.82, 2.24) is 25.4 Å². The highest BCUT2D eigenvalue weighted by atomic mass is 16.2. The van der Waals surface area contributed by atoms with Crippen molar-refractivity contribution in [3.05, 3.63) is 96.0 Å². The molecule has 38 heavy (non-hydrogen) atoms. The van der Waals surface area contributed by atoms with Crippen LogP contribution in [0.3, 0.4) is 0 Å². The molecule has 0 aliphatic carbocycles. The third-order valence-corrected chi connectivity index (χ3v) is 6.79. The Bertz CT molecular complexity index is 1330. The second-order valence-electron chi connectivity index (χ2n) is 9.41. The number of hydrogen-bond acceptors (Lipinski definition) is 7. The molecule has 3 amide bonds. The van der Waals surface area contributed by atoms with Gasteiger partial charge in [0.05, 0.1) is 5.69 Å². The van der Waals surface area contributed by atoms with Gasteiger partial charge in [0, 0.05) is 43.6 Å². The molecule has 0 saturated carbocycles. The SMILES string of the molecule is CN1C(=O)/C(=C(/NCc2ccc(-c3ccccn3)cc2)Nc2ccccc2)C(=N)N(CC2CCCN2)C1=O. The van der Waals surface area contributed by atoms with E-state index >= 15 is 0 Å². The normalized spacial score (nSPS) is 19.1. The van der Waals surface area contributed by atoms with Gasteiger partial charge >= 0.3 is 6.03 Å². The van der Waals surface area contributed by atoms with E-state index in [-0.39, 0.29) is 17.5 Å². The Labute approximate surface area is 222 Å². The molecule has 1 aromatic heterocycles. The lowest BCUT2D eigenvalue weighted by molar-refractivity contribution is -0.123. The van der Waals surface area contributed by atoms with Crippen LogP contribution in [0, 0.1) is 5.41 Å². The van der Waals surface area contributed by atoms with Gasteiger partial charge in [0.15, 0.2) is 0 Å². The van der Waals surface area contributed by atoms with Gasteiger partial charge in [0.2, 0.25) is 0 Å². The molecule has 9 heteroatoms. The standard InChI is InChI=1S/C29H31N7O2/c1-35-28(37)25(26(30)36(29(35)38)19-23-10-7-17-31-23)27(34-22-8-3-2-4-9-22)33-18-20-12-14-21(15-13-20)24-11-5-6-16-32-24/h2-6,8-9,11-16,23,30-31,33-34H,7,10,17-19H2,1H3/b27-25-,30-26?. The first-order chi connectivity index (χ1) is 18.5. The fourth-order valence-corrected chi connectivity index (χ4v) is 4.67. The molecule has 2 saturated heterocycles. The number of para-hydroxylation sites is 1. The molecular weight excluding hydrogens is 478 g/mol. The van der Waals surface area contributed by atoms with E-state index in [2.05, 4.69) is 20.9 Å². The fraction of sp³-hybridized carbons (Fsp3) is 0.241. The highest BCUT2D eigenvalue weighted by Gasteiger charge is 2.40. The molecule has 1 unspecified atom stereocenters. The van der Waals surface area contributed by atoms with Gasteiger partial charge in [-0.15, -0.1) is 0 Å². The number of urea groups is 1. The first kappa shape index (κ1) is 25.2. The predicted molar refractivity (Wildman–Crippen MR) is 147 cm³/mol. The van der Waals surface area contributed by atoms with Crippen molar-refractivity contribution in [2.24, 2.45) is 0 Å². The number of anilines is 1. The summed E-state index contributed by atoms with van der Waals surface area (Å²) in [5.41, 5.74) is 3.78. The summed E-state index contributed by atoms with van der Waals surface area (Å²) in [5, 5.41) is 18.9. The smallest absolute Gasteiger partial charge is 0.332 e. The largest absolute Gasteiger partial charge is 0.367 e. The third kappa shape index (κ3) is 5.42. The number of nitrogens with zero attached hydrogens (tertiary/aromatic N) is 3. The van der Waals surface area contributed by atoms with E-state index in [4.69, 9.17) is 5.41 Å². The van der Waals surface area contributed by atoms with E-state index < -0.39 is 11.9 Å². The van der Waals surface area contributed by atoms with Crippen LogP contribution in [-0.2, 0) is 11.3 Å². The van der Waals surface area contributed by atoms with Crippen molar-refractivity contribution in [3.8, 4) is 11.3 Å². The number of amides is 3. The second kappa shape index (κ2) is 11.3. The van der Waals surface area contributed by atoms with E-state index in [9.17, 15) is 9.59 Å². The van der Waals surface area contributed by atoms with Gasteiger partial charge < -0.3 is 16.0 Å². The number of amidine groups is 1. The first-order valence-electron chi connectivity index (χ1n) is 12.7. The molecule has 9 nitrogen and oxygen atoms in total. The van der Waals surface area contributed by atoms with E-state index in [1.807, 2.05) is 72.8 Å². The molecule has 3 heterocycles. The number of pyridine rings is 1. The zero-order chi connectivity index (χ0) is 26.5. The topological polar surface area (TPSA) is 113 Å². The molecule has 5 rings (SSSR count). The minimum atomic E-state index is -0.521. The fourth-order valence-electron chi connectivity index (χ4n) is 4.67. The van der Waals surface area contributed by atoms with Crippen LogP contribution < -0.4 is 16.0 Å². The highest BCUT2D eigenvalue weighted by Crippen LogP contribution is 2.23. The second-order valence-corrected chi connectivity index (χ2v) is 9.41. The molecule has 194 valence electrons. The van der Waals surface area contributed by atoms with E-state index in [0.29, 0.717) is 18.9 Å². The van der Waals surface area contributed by atoms with Crippen LogP contribution in [0.4, 0.5) is 10.5 Å². The molecule has 0 bridgehead atoms. The Morgan fingerprint density at radius 1 is 1.05 bits per heavy atom. The third-order valence-electron chi connectivity index (χ3n) is 6.79. The van der Waals surface area contributed by atoms with Crippen molar-refractivity contribution in [1.29, 1.82) is 5.41 Å². The number of carbonyl (C=O) groups excluding carboxylic acids is 2. The van der Waals surface area contributed by atoms with Crippen LogP contribution in [0.25, 0.3) is 11.3 Å². The van der Waals surface area contributed by atoms with E-state index in [0.717, 1.165) is 46.8 Å². The molecule has 1 atom stereocenters. The molecule has 3 aromatic rings. The minimum Gasteiger partial charge on any atom is -0.367 e. The van der Waals surface area contributed by atoms with Crippen molar-refractivity contribution in [2.45, 2.75) is 25.4 Å². The molecule has 2 fully saturated rings. The number of benzene rings is 2. The zero-order valence-electron chi connectivity index (χ0n) is 21.3. The Morgan fingerprint density at radius 3 is 2.50 bits per heavy atom. The first-order valence-corrected chi connectivity index (χ1v) is 12.7. The summed E-state index contributed by atoms with van der Waals surface area (Å²) >= 11 is 0. The summed E-state index contributed by atoms with van der Waals surface area (Å²) in [7, 11) is 1.46. The molecule has 0 radical (unpaired) electrons. The highest BCUT2D eigenvalue weighted by molar-refractivity contribution is 6.30. The quantitative estimate of drug-likeness (QED) is 0.344. The number of aromatic nitrogens is 1. The number of rotatable bonds is 8. The number of nitrogens with one attached hydrogen (secondary N) is 4. The van der Waals surface area contributed by atoms with Crippen molar-refractivity contribution < 1.29 is 9.59 Å². The van der Waals surface area contributed by atoms with Crippen LogP contribution in [-0.4, -0.2) is 58.7 Å². The van der Waals surface area contributed by atoms with Crippen molar-refractivity contribution >= 4 is 23.5 Å². The summed E-state index contributed by atoms with van der Waals surface area (Å²) in [5.74, 6) is -0.251. The molecular formula is C29H31N7O2. The van der Waals surface area contributed by atoms with Crippen LogP contribution in [0.15, 0.2) is 90.4 Å². The molecule has 2 aliphatic rings. The van der Waals surface area contributed by atoms with Gasteiger partial charge in [-0.3, -0.25) is 25.0 Å². The van der Waals surface area contributed by atoms with Gasteiger partial charge in [-0.25, -0.2) is 4.79 Å². The van der Waals surface area contributed by atoms with Crippen LogP contribution in [0.2, 0.25) is 0 Å². The average molecular weight is 510 g/mol. The molecule has 0 spiro atoms. The van der Waals surface area contributed by atoms with E-state index in [1.165, 1.54) is 11.9 Å². The monoisotopic (exact) mass is 509 g/mol. The van der Waals surface area contributed by atoms with Crippen LogP contribution in [0.5, 0.6) is 0 Å². The Balaban J connectivity index is 1.43. The Kier molecular flexibility index (Phi) is 7.46. The zero-order valence-corrected chi connectivity index (χ0v) is 21.3. The number of imide groups is 1. The molecule has 2 aliphatic heterocycles. The van der Waals surface area contributed by atoms with E-state index in [1.54, 1.807) is 6.20 Å².